The second-order valence-electron chi connectivity index (χ2n) is 3.71. The van der Waals surface area contributed by atoms with Crippen LogP contribution in [0.25, 0.3) is 0 Å². The zero-order valence-corrected chi connectivity index (χ0v) is 9.06. The minimum Gasteiger partial charge on any atom is -0.381 e. The molecule has 15 heavy (non-hydrogen) atoms. The van der Waals surface area contributed by atoms with Crippen LogP contribution in [0.3, 0.4) is 0 Å². The summed E-state index contributed by atoms with van der Waals surface area (Å²) in [5.74, 6) is 0.155. The Balaban J connectivity index is 1.97. The lowest BCUT2D eigenvalue weighted by atomic mass is 10.1. The molecule has 4 heteroatoms. The summed E-state index contributed by atoms with van der Waals surface area (Å²) in [7, 11) is 0. The molecule has 1 aliphatic heterocycles. The molecule has 1 aromatic rings. The lowest BCUT2D eigenvalue weighted by molar-refractivity contribution is 0.187. The van der Waals surface area contributed by atoms with E-state index in [9.17, 15) is 4.39 Å². The highest BCUT2D eigenvalue weighted by atomic mass is 35.5. The van der Waals surface area contributed by atoms with Gasteiger partial charge in [-0.25, -0.2) is 4.39 Å². The smallest absolute Gasteiger partial charge is 0.147 e. The van der Waals surface area contributed by atoms with Crippen LogP contribution in [-0.2, 0) is 4.74 Å². The monoisotopic (exact) mass is 229 g/mol. The van der Waals surface area contributed by atoms with Crippen molar-refractivity contribution in [3.8, 4) is 0 Å². The van der Waals surface area contributed by atoms with Crippen molar-refractivity contribution in [1.82, 2.24) is 0 Å². The van der Waals surface area contributed by atoms with Crippen molar-refractivity contribution in [2.75, 3.05) is 25.1 Å². The van der Waals surface area contributed by atoms with Gasteiger partial charge in [-0.2, -0.15) is 0 Å². The molecule has 1 N–H and O–H groups in total. The molecule has 1 aromatic carbocycles. The maximum absolute atomic E-state index is 13.3. The number of nitrogens with one attached hydrogen (secondary N) is 1. The predicted octanol–water partition coefficient (Wildman–Crippen LogP) is 2.93. The Labute approximate surface area is 93.4 Å². The number of hydrogen-bond acceptors (Lipinski definition) is 2. The number of ether oxygens (including phenoxy) is 1. The molecule has 0 spiro atoms. The van der Waals surface area contributed by atoms with Crippen LogP contribution in [0.15, 0.2) is 18.2 Å². The fraction of sp³-hybridized carbons (Fsp3) is 0.455. The summed E-state index contributed by atoms with van der Waals surface area (Å²) in [4.78, 5) is 0. The highest BCUT2D eigenvalue weighted by molar-refractivity contribution is 6.33. The maximum Gasteiger partial charge on any atom is 0.147 e. The molecule has 1 heterocycles. The van der Waals surface area contributed by atoms with Gasteiger partial charge in [-0.15, -0.1) is 0 Å². The molecule has 0 aliphatic carbocycles. The third-order valence-electron chi connectivity index (χ3n) is 2.55. The highest BCUT2D eigenvalue weighted by Gasteiger charge is 2.16. The van der Waals surface area contributed by atoms with Crippen LogP contribution in [-0.4, -0.2) is 19.8 Å². The van der Waals surface area contributed by atoms with Gasteiger partial charge in [0.1, 0.15) is 5.82 Å². The van der Waals surface area contributed by atoms with Gasteiger partial charge in [-0.1, -0.05) is 17.7 Å². The molecule has 0 aromatic heterocycles. The molecule has 82 valence electrons. The normalized spacial score (nSPS) is 20.5. The minimum absolute atomic E-state index is 0.304. The van der Waals surface area contributed by atoms with E-state index in [0.29, 0.717) is 23.2 Å². The summed E-state index contributed by atoms with van der Waals surface area (Å²) in [6.45, 7) is 2.26. The van der Waals surface area contributed by atoms with Gasteiger partial charge < -0.3 is 10.1 Å². The zero-order valence-electron chi connectivity index (χ0n) is 8.30. The Kier molecular flexibility index (Phi) is 3.44. The summed E-state index contributed by atoms with van der Waals surface area (Å²) in [6.07, 6.45) is 1.03. The summed E-state index contributed by atoms with van der Waals surface area (Å²) in [5, 5.41) is 3.46. The molecule has 0 bridgehead atoms. The van der Waals surface area contributed by atoms with Gasteiger partial charge in [-0.05, 0) is 18.6 Å². The molecule has 0 amide bonds. The van der Waals surface area contributed by atoms with Crippen molar-refractivity contribution in [3.05, 3.63) is 29.0 Å². The van der Waals surface area contributed by atoms with Crippen molar-refractivity contribution in [3.63, 3.8) is 0 Å². The molecule has 1 atom stereocenters. The van der Waals surface area contributed by atoms with Gasteiger partial charge in [0.05, 0.1) is 17.3 Å². The Hall–Kier alpha value is -0.800. The first-order valence-corrected chi connectivity index (χ1v) is 5.41. The fourth-order valence-electron chi connectivity index (χ4n) is 1.66. The fourth-order valence-corrected chi connectivity index (χ4v) is 1.89. The van der Waals surface area contributed by atoms with Crippen LogP contribution in [0.5, 0.6) is 0 Å². The van der Waals surface area contributed by atoms with Crippen molar-refractivity contribution >= 4 is 17.3 Å². The van der Waals surface area contributed by atoms with Gasteiger partial charge in [0.2, 0.25) is 0 Å². The minimum atomic E-state index is -0.304. The molecule has 1 aliphatic rings. The third kappa shape index (κ3) is 2.61. The summed E-state index contributed by atoms with van der Waals surface area (Å²) in [6, 6.07) is 4.68. The number of halogens is 2. The van der Waals surface area contributed by atoms with Crippen molar-refractivity contribution in [2.45, 2.75) is 6.42 Å². The first kappa shape index (κ1) is 10.7. The largest absolute Gasteiger partial charge is 0.381 e. The number of benzene rings is 1. The van der Waals surface area contributed by atoms with Crippen molar-refractivity contribution in [1.29, 1.82) is 0 Å². The number of para-hydroxylation sites is 1. The van der Waals surface area contributed by atoms with E-state index < -0.39 is 0 Å². The first-order chi connectivity index (χ1) is 7.27. The number of rotatable bonds is 3. The average Bonchev–Trinajstić information content (AvgIpc) is 2.70. The SMILES string of the molecule is Fc1cccc(Cl)c1NCC1CCOC1. The van der Waals surface area contributed by atoms with E-state index in [1.807, 2.05) is 0 Å². The second kappa shape index (κ2) is 4.81. The van der Waals surface area contributed by atoms with Gasteiger partial charge in [0, 0.05) is 19.1 Å². The maximum atomic E-state index is 13.3. The van der Waals surface area contributed by atoms with E-state index in [1.54, 1.807) is 12.1 Å². The lowest BCUT2D eigenvalue weighted by Gasteiger charge is -2.12. The topological polar surface area (TPSA) is 21.3 Å². The Morgan fingerprint density at radius 2 is 2.40 bits per heavy atom. The van der Waals surface area contributed by atoms with E-state index in [2.05, 4.69) is 5.32 Å². The number of hydrogen-bond donors (Lipinski definition) is 1. The molecule has 2 nitrogen and oxygen atoms in total. The van der Waals surface area contributed by atoms with E-state index in [1.165, 1.54) is 6.07 Å². The molecule has 1 unspecified atom stereocenters. The van der Waals surface area contributed by atoms with Crippen LogP contribution in [0, 0.1) is 11.7 Å². The van der Waals surface area contributed by atoms with Gasteiger partial charge in [-0.3, -0.25) is 0 Å². The first-order valence-electron chi connectivity index (χ1n) is 5.03. The van der Waals surface area contributed by atoms with Gasteiger partial charge in [0.25, 0.3) is 0 Å². The van der Waals surface area contributed by atoms with E-state index in [0.717, 1.165) is 19.6 Å². The molecular weight excluding hydrogens is 217 g/mol. The second-order valence-corrected chi connectivity index (χ2v) is 4.11. The average molecular weight is 230 g/mol. The highest BCUT2D eigenvalue weighted by Crippen LogP contribution is 2.25. The quantitative estimate of drug-likeness (QED) is 0.861. The van der Waals surface area contributed by atoms with E-state index in [4.69, 9.17) is 16.3 Å². The standard InChI is InChI=1S/C11H13ClFNO/c12-9-2-1-3-10(13)11(9)14-6-8-4-5-15-7-8/h1-3,8,14H,4-7H2. The Bertz CT molecular complexity index is 319. The zero-order chi connectivity index (χ0) is 10.7. The lowest BCUT2D eigenvalue weighted by Crippen LogP contribution is -2.15. The predicted molar refractivity (Wildman–Crippen MR) is 58.8 cm³/mol. The molecular formula is C11H13ClFNO. The Morgan fingerprint density at radius 3 is 3.07 bits per heavy atom. The van der Waals surface area contributed by atoms with Crippen LogP contribution < -0.4 is 5.32 Å². The summed E-state index contributed by atoms with van der Waals surface area (Å²) >= 11 is 5.88. The molecule has 0 radical (unpaired) electrons. The summed E-state index contributed by atoms with van der Waals surface area (Å²) in [5.41, 5.74) is 0.395. The van der Waals surface area contributed by atoms with Crippen LogP contribution in [0.1, 0.15) is 6.42 Å². The van der Waals surface area contributed by atoms with Crippen LogP contribution in [0.2, 0.25) is 5.02 Å². The van der Waals surface area contributed by atoms with Crippen molar-refractivity contribution in [2.24, 2.45) is 5.92 Å². The van der Waals surface area contributed by atoms with Crippen molar-refractivity contribution < 1.29 is 9.13 Å². The van der Waals surface area contributed by atoms with Crippen LogP contribution in [0.4, 0.5) is 10.1 Å². The Morgan fingerprint density at radius 1 is 1.53 bits per heavy atom. The van der Waals surface area contributed by atoms with Crippen LogP contribution >= 0.6 is 11.6 Å². The molecule has 0 saturated carbocycles. The molecule has 1 saturated heterocycles. The van der Waals surface area contributed by atoms with Gasteiger partial charge in [0.15, 0.2) is 0 Å². The van der Waals surface area contributed by atoms with Gasteiger partial charge >= 0.3 is 0 Å². The summed E-state index contributed by atoms with van der Waals surface area (Å²) < 4.78 is 18.6. The number of anilines is 1. The molecule has 1 fully saturated rings. The van der Waals surface area contributed by atoms with E-state index >= 15 is 0 Å². The van der Waals surface area contributed by atoms with E-state index in [-0.39, 0.29) is 5.82 Å². The third-order valence-corrected chi connectivity index (χ3v) is 2.87. The molecule has 2 rings (SSSR count).